The summed E-state index contributed by atoms with van der Waals surface area (Å²) in [5.41, 5.74) is 2.16. The van der Waals surface area contributed by atoms with Crippen LogP contribution in [0.1, 0.15) is 27.7 Å². The molecule has 0 aliphatic heterocycles. The van der Waals surface area contributed by atoms with Crippen molar-refractivity contribution in [2.75, 3.05) is 6.61 Å². The minimum absolute atomic E-state index is 0.165. The molecule has 9 heavy (non-hydrogen) atoms. The first-order valence-corrected chi connectivity index (χ1v) is 3.15. The SMILES string of the molecule is CC.CCONC(C)=O. The van der Waals surface area contributed by atoms with Crippen molar-refractivity contribution >= 4 is 5.91 Å². The number of hydrogen-bond donors (Lipinski definition) is 1. The third-order valence-corrected chi connectivity index (χ3v) is 0.360. The lowest BCUT2D eigenvalue weighted by molar-refractivity contribution is -0.130. The molecular weight excluding hydrogens is 118 g/mol. The molecule has 0 aromatic carbocycles. The Kier molecular flexibility index (Phi) is 13.0. The molecule has 0 rings (SSSR count). The fourth-order valence-electron chi connectivity index (χ4n) is 0.174. The molecular formula is C6H15NO2. The molecule has 3 heteroatoms. The van der Waals surface area contributed by atoms with Gasteiger partial charge in [0.1, 0.15) is 0 Å². The molecule has 0 unspecified atom stereocenters. The van der Waals surface area contributed by atoms with Gasteiger partial charge in [0.2, 0.25) is 5.91 Å². The summed E-state index contributed by atoms with van der Waals surface area (Å²) in [5.74, 6) is -0.165. The van der Waals surface area contributed by atoms with Crippen LogP contribution in [0.3, 0.4) is 0 Å². The van der Waals surface area contributed by atoms with E-state index >= 15 is 0 Å². The predicted octanol–water partition coefficient (Wildman–Crippen LogP) is 1.10. The molecule has 3 nitrogen and oxygen atoms in total. The zero-order chi connectivity index (χ0) is 7.70. The van der Waals surface area contributed by atoms with Crippen LogP contribution in [0, 0.1) is 0 Å². The molecule has 56 valence electrons. The van der Waals surface area contributed by atoms with E-state index in [-0.39, 0.29) is 5.91 Å². The smallest absolute Gasteiger partial charge is 0.240 e. The van der Waals surface area contributed by atoms with Crippen molar-refractivity contribution in [1.82, 2.24) is 5.48 Å². The number of carbonyl (C=O) groups excluding carboxylic acids is 1. The van der Waals surface area contributed by atoms with Crippen molar-refractivity contribution in [2.45, 2.75) is 27.7 Å². The Hall–Kier alpha value is -0.570. The summed E-state index contributed by atoms with van der Waals surface area (Å²) >= 11 is 0. The van der Waals surface area contributed by atoms with Crippen LogP contribution in [0.15, 0.2) is 0 Å². The van der Waals surface area contributed by atoms with Gasteiger partial charge < -0.3 is 0 Å². The lowest BCUT2D eigenvalue weighted by Gasteiger charge is -1.95. The van der Waals surface area contributed by atoms with Gasteiger partial charge in [-0.15, -0.1) is 0 Å². The van der Waals surface area contributed by atoms with Gasteiger partial charge in [-0.2, -0.15) is 0 Å². The van der Waals surface area contributed by atoms with Crippen LogP contribution in [-0.2, 0) is 9.63 Å². The largest absolute Gasteiger partial charge is 0.274 e. The second-order valence-corrected chi connectivity index (χ2v) is 1.09. The molecule has 0 aromatic heterocycles. The number of hydrogen-bond acceptors (Lipinski definition) is 2. The van der Waals surface area contributed by atoms with Crippen LogP contribution < -0.4 is 5.48 Å². The van der Waals surface area contributed by atoms with Crippen LogP contribution in [0.5, 0.6) is 0 Å². The van der Waals surface area contributed by atoms with Crippen molar-refractivity contribution in [1.29, 1.82) is 0 Å². The second kappa shape index (κ2) is 10.4. The number of carbonyl (C=O) groups is 1. The van der Waals surface area contributed by atoms with Crippen molar-refractivity contribution in [3.8, 4) is 0 Å². The fourth-order valence-corrected chi connectivity index (χ4v) is 0.174. The van der Waals surface area contributed by atoms with Gasteiger partial charge in [0.25, 0.3) is 0 Å². The quantitative estimate of drug-likeness (QED) is 0.573. The molecule has 1 N–H and O–H groups in total. The second-order valence-electron chi connectivity index (χ2n) is 1.09. The number of nitrogens with one attached hydrogen (secondary N) is 1. The lowest BCUT2D eigenvalue weighted by atomic mass is 10.8. The first kappa shape index (κ1) is 11.3. The molecule has 0 aliphatic carbocycles. The third-order valence-electron chi connectivity index (χ3n) is 0.360. The van der Waals surface area contributed by atoms with Crippen molar-refractivity contribution in [2.24, 2.45) is 0 Å². The molecule has 1 amide bonds. The maximum Gasteiger partial charge on any atom is 0.240 e. The standard InChI is InChI=1S/C4H9NO2.C2H6/c1-3-7-5-4(2)6;1-2/h3H2,1-2H3,(H,5,6);1-2H3. The Morgan fingerprint density at radius 1 is 1.56 bits per heavy atom. The van der Waals surface area contributed by atoms with Crippen LogP contribution in [0.2, 0.25) is 0 Å². The highest BCUT2D eigenvalue weighted by molar-refractivity contribution is 5.71. The Morgan fingerprint density at radius 3 is 2.11 bits per heavy atom. The van der Waals surface area contributed by atoms with Gasteiger partial charge in [-0.3, -0.25) is 9.63 Å². The molecule has 0 spiro atoms. The zero-order valence-electron chi connectivity index (χ0n) is 6.52. The molecule has 0 bridgehead atoms. The molecule has 0 saturated heterocycles. The van der Waals surface area contributed by atoms with E-state index in [1.165, 1.54) is 6.92 Å². The van der Waals surface area contributed by atoms with Crippen molar-refractivity contribution in [3.63, 3.8) is 0 Å². The summed E-state index contributed by atoms with van der Waals surface area (Å²) in [6.07, 6.45) is 0. The topological polar surface area (TPSA) is 38.3 Å². The lowest BCUT2D eigenvalue weighted by Crippen LogP contribution is -2.19. The summed E-state index contributed by atoms with van der Waals surface area (Å²) in [4.78, 5) is 14.5. The van der Waals surface area contributed by atoms with E-state index in [0.717, 1.165) is 0 Å². The van der Waals surface area contributed by atoms with E-state index in [2.05, 4.69) is 10.3 Å². The molecule has 0 atom stereocenters. The van der Waals surface area contributed by atoms with E-state index in [1.54, 1.807) is 6.92 Å². The molecule has 0 aromatic rings. The average molecular weight is 133 g/mol. The Labute approximate surface area is 56.3 Å². The summed E-state index contributed by atoms with van der Waals surface area (Å²) in [5, 5.41) is 0. The van der Waals surface area contributed by atoms with E-state index in [4.69, 9.17) is 0 Å². The van der Waals surface area contributed by atoms with Crippen LogP contribution >= 0.6 is 0 Å². The van der Waals surface area contributed by atoms with Crippen molar-refractivity contribution < 1.29 is 9.63 Å². The predicted molar refractivity (Wildman–Crippen MR) is 36.8 cm³/mol. The van der Waals surface area contributed by atoms with Gasteiger partial charge in [-0.05, 0) is 6.92 Å². The van der Waals surface area contributed by atoms with Gasteiger partial charge in [-0.1, -0.05) is 13.8 Å². The highest BCUT2D eigenvalue weighted by Gasteiger charge is 1.82. The van der Waals surface area contributed by atoms with Crippen LogP contribution in [0.25, 0.3) is 0 Å². The summed E-state index contributed by atoms with van der Waals surface area (Å²) in [6.45, 7) is 7.71. The van der Waals surface area contributed by atoms with Gasteiger partial charge in [0, 0.05) is 6.92 Å². The fraction of sp³-hybridized carbons (Fsp3) is 0.833. The highest BCUT2D eigenvalue weighted by atomic mass is 16.6. The molecule has 0 fully saturated rings. The summed E-state index contributed by atoms with van der Waals surface area (Å²) in [6, 6.07) is 0. The van der Waals surface area contributed by atoms with E-state index < -0.39 is 0 Å². The molecule has 0 saturated carbocycles. The number of rotatable bonds is 2. The molecule has 0 radical (unpaired) electrons. The minimum atomic E-state index is -0.165. The average Bonchev–Trinajstić information content (AvgIpc) is 1.88. The summed E-state index contributed by atoms with van der Waals surface area (Å²) < 4.78 is 0. The monoisotopic (exact) mass is 133 g/mol. The van der Waals surface area contributed by atoms with E-state index in [1.807, 2.05) is 13.8 Å². The molecule has 0 heterocycles. The summed E-state index contributed by atoms with van der Waals surface area (Å²) in [7, 11) is 0. The van der Waals surface area contributed by atoms with E-state index in [9.17, 15) is 4.79 Å². The van der Waals surface area contributed by atoms with Gasteiger partial charge >= 0.3 is 0 Å². The maximum absolute atomic E-state index is 9.97. The first-order chi connectivity index (χ1) is 4.27. The zero-order valence-corrected chi connectivity index (χ0v) is 6.52. The number of hydroxylamine groups is 1. The third kappa shape index (κ3) is 18.6. The minimum Gasteiger partial charge on any atom is -0.274 e. The van der Waals surface area contributed by atoms with Crippen molar-refractivity contribution in [3.05, 3.63) is 0 Å². The normalized spacial score (nSPS) is 7.11. The van der Waals surface area contributed by atoms with Crippen LogP contribution in [-0.4, -0.2) is 12.5 Å². The maximum atomic E-state index is 9.97. The Bertz CT molecular complexity index is 64.1. The van der Waals surface area contributed by atoms with Crippen LogP contribution in [0.4, 0.5) is 0 Å². The van der Waals surface area contributed by atoms with Gasteiger partial charge in [0.05, 0.1) is 6.61 Å². The van der Waals surface area contributed by atoms with Gasteiger partial charge in [0.15, 0.2) is 0 Å². The Balaban J connectivity index is 0. The first-order valence-electron chi connectivity index (χ1n) is 3.15. The van der Waals surface area contributed by atoms with Gasteiger partial charge in [-0.25, -0.2) is 5.48 Å². The Morgan fingerprint density at radius 2 is 2.00 bits per heavy atom. The van der Waals surface area contributed by atoms with E-state index in [0.29, 0.717) is 6.61 Å². The highest BCUT2D eigenvalue weighted by Crippen LogP contribution is 1.62. The number of amides is 1. The molecule has 0 aliphatic rings.